The van der Waals surface area contributed by atoms with Crippen LogP contribution >= 0.6 is 23.1 Å². The van der Waals surface area contributed by atoms with Crippen molar-refractivity contribution in [3.05, 3.63) is 40.6 Å². The second kappa shape index (κ2) is 9.95. The molecule has 1 aromatic carbocycles. The number of nitrogens with one attached hydrogen (secondary N) is 1. The minimum atomic E-state index is -0.413. The van der Waals surface area contributed by atoms with Gasteiger partial charge in [-0.1, -0.05) is 6.07 Å². The van der Waals surface area contributed by atoms with Crippen LogP contribution in [0.4, 0.5) is 5.69 Å². The molecule has 0 bridgehead atoms. The predicted octanol–water partition coefficient (Wildman–Crippen LogP) is 3.18. The Hall–Kier alpha value is -2.19. The lowest BCUT2D eigenvalue weighted by molar-refractivity contribution is -0.144. The zero-order valence-electron chi connectivity index (χ0n) is 13.9. The number of anilines is 1. The molecule has 0 aliphatic carbocycles. The standard InChI is InChI=1S/C17H19NO5S2/c1-21-14-6-5-12(8-15(14)22-2)18-16(19)9-23-17(20)11-24-10-13-4-3-7-25-13/h3-8H,9-11H2,1-2H3,(H,18,19). The van der Waals surface area contributed by atoms with Crippen molar-refractivity contribution in [3.63, 3.8) is 0 Å². The highest BCUT2D eigenvalue weighted by atomic mass is 32.2. The van der Waals surface area contributed by atoms with Gasteiger partial charge in [-0.3, -0.25) is 9.59 Å². The van der Waals surface area contributed by atoms with Crippen LogP contribution in [0.2, 0.25) is 0 Å². The summed E-state index contributed by atoms with van der Waals surface area (Å²) >= 11 is 3.10. The second-order valence-electron chi connectivity index (χ2n) is 4.85. The summed E-state index contributed by atoms with van der Waals surface area (Å²) in [4.78, 5) is 24.7. The molecule has 0 fully saturated rings. The van der Waals surface area contributed by atoms with E-state index in [9.17, 15) is 9.59 Å². The normalized spacial score (nSPS) is 10.2. The lowest BCUT2D eigenvalue weighted by Crippen LogP contribution is -2.21. The van der Waals surface area contributed by atoms with Crippen molar-refractivity contribution < 1.29 is 23.8 Å². The molecule has 0 aliphatic rings. The molecule has 0 unspecified atom stereocenters. The molecule has 2 aromatic rings. The number of thiophene rings is 1. The van der Waals surface area contributed by atoms with Crippen molar-refractivity contribution in [2.75, 3.05) is 31.9 Å². The van der Waals surface area contributed by atoms with Gasteiger partial charge in [0.05, 0.1) is 20.0 Å². The maximum Gasteiger partial charge on any atom is 0.316 e. The van der Waals surface area contributed by atoms with Crippen LogP contribution in [0.1, 0.15) is 4.88 Å². The Morgan fingerprint density at radius 1 is 1.16 bits per heavy atom. The Labute approximate surface area is 154 Å². The van der Waals surface area contributed by atoms with Gasteiger partial charge in [-0.2, -0.15) is 0 Å². The predicted molar refractivity (Wildman–Crippen MR) is 99.6 cm³/mol. The van der Waals surface area contributed by atoms with Gasteiger partial charge in [0, 0.05) is 22.4 Å². The van der Waals surface area contributed by atoms with Crippen LogP contribution in [0.3, 0.4) is 0 Å². The van der Waals surface area contributed by atoms with E-state index in [2.05, 4.69) is 5.32 Å². The zero-order chi connectivity index (χ0) is 18.1. The minimum Gasteiger partial charge on any atom is -0.493 e. The first-order valence-corrected chi connectivity index (χ1v) is 9.43. The van der Waals surface area contributed by atoms with Crippen molar-refractivity contribution in [2.45, 2.75) is 5.75 Å². The Kier molecular flexibility index (Phi) is 7.62. The Bertz CT molecular complexity index is 703. The molecule has 0 saturated carbocycles. The van der Waals surface area contributed by atoms with Crippen LogP contribution in [0, 0.1) is 0 Å². The molecule has 2 rings (SSSR count). The molecule has 0 aliphatic heterocycles. The summed E-state index contributed by atoms with van der Waals surface area (Å²) in [5, 5.41) is 4.64. The number of rotatable bonds is 9. The minimum absolute atomic E-state index is 0.210. The summed E-state index contributed by atoms with van der Waals surface area (Å²) in [6, 6.07) is 8.98. The number of benzene rings is 1. The fraction of sp³-hybridized carbons (Fsp3) is 0.294. The molecule has 134 valence electrons. The number of thioether (sulfide) groups is 1. The fourth-order valence-corrected chi connectivity index (χ4v) is 3.59. The monoisotopic (exact) mass is 381 g/mol. The molecule has 0 radical (unpaired) electrons. The van der Waals surface area contributed by atoms with Crippen LogP contribution in [0.5, 0.6) is 11.5 Å². The lowest BCUT2D eigenvalue weighted by atomic mass is 10.2. The van der Waals surface area contributed by atoms with E-state index in [0.717, 1.165) is 5.75 Å². The van der Waals surface area contributed by atoms with Crippen molar-refractivity contribution in [2.24, 2.45) is 0 Å². The topological polar surface area (TPSA) is 73.9 Å². The van der Waals surface area contributed by atoms with Gasteiger partial charge in [0.1, 0.15) is 0 Å². The maximum absolute atomic E-state index is 11.9. The molecule has 1 amide bonds. The van der Waals surface area contributed by atoms with Crippen molar-refractivity contribution in [1.29, 1.82) is 0 Å². The summed E-state index contributed by atoms with van der Waals surface area (Å²) in [6.07, 6.45) is 0. The zero-order valence-corrected chi connectivity index (χ0v) is 15.6. The van der Waals surface area contributed by atoms with Gasteiger partial charge in [0.25, 0.3) is 5.91 Å². The molecule has 6 nitrogen and oxygen atoms in total. The van der Waals surface area contributed by atoms with Gasteiger partial charge in [0.15, 0.2) is 18.1 Å². The highest BCUT2D eigenvalue weighted by Gasteiger charge is 2.10. The number of ether oxygens (including phenoxy) is 3. The highest BCUT2D eigenvalue weighted by molar-refractivity contribution is 7.99. The molecule has 0 atom stereocenters. The van der Waals surface area contributed by atoms with Gasteiger partial charge in [-0.05, 0) is 23.6 Å². The molecular formula is C17H19NO5S2. The fourth-order valence-electron chi connectivity index (χ4n) is 1.93. The summed E-state index contributed by atoms with van der Waals surface area (Å²) in [5.41, 5.74) is 0.533. The van der Waals surface area contributed by atoms with Crippen LogP contribution in [-0.4, -0.2) is 38.5 Å². The average Bonchev–Trinajstić information content (AvgIpc) is 3.13. The number of carbonyl (C=O) groups is 2. The number of carbonyl (C=O) groups excluding carboxylic acids is 2. The van der Waals surface area contributed by atoms with E-state index >= 15 is 0 Å². The van der Waals surface area contributed by atoms with E-state index in [1.807, 2.05) is 17.5 Å². The molecule has 25 heavy (non-hydrogen) atoms. The maximum atomic E-state index is 11.9. The third kappa shape index (κ3) is 6.32. The van der Waals surface area contributed by atoms with Crippen molar-refractivity contribution >= 4 is 40.7 Å². The number of amides is 1. The van der Waals surface area contributed by atoms with Crippen molar-refractivity contribution in [3.8, 4) is 11.5 Å². The summed E-state index contributed by atoms with van der Waals surface area (Å²) < 4.78 is 15.3. The number of esters is 1. The van der Waals surface area contributed by atoms with E-state index in [0.29, 0.717) is 17.2 Å². The van der Waals surface area contributed by atoms with Gasteiger partial charge in [-0.15, -0.1) is 23.1 Å². The Morgan fingerprint density at radius 3 is 2.64 bits per heavy atom. The Balaban J connectivity index is 1.71. The van der Waals surface area contributed by atoms with E-state index in [1.165, 1.54) is 30.9 Å². The third-order valence-electron chi connectivity index (χ3n) is 3.08. The van der Waals surface area contributed by atoms with Gasteiger partial charge in [0.2, 0.25) is 0 Å². The van der Waals surface area contributed by atoms with E-state index in [1.54, 1.807) is 29.5 Å². The highest BCUT2D eigenvalue weighted by Crippen LogP contribution is 2.29. The van der Waals surface area contributed by atoms with Crippen molar-refractivity contribution in [1.82, 2.24) is 0 Å². The smallest absolute Gasteiger partial charge is 0.316 e. The first kappa shape index (κ1) is 19.1. The van der Waals surface area contributed by atoms with E-state index in [-0.39, 0.29) is 12.4 Å². The van der Waals surface area contributed by atoms with Crippen LogP contribution < -0.4 is 14.8 Å². The summed E-state index contributed by atoms with van der Waals surface area (Å²) in [5.74, 6) is 1.20. The van der Waals surface area contributed by atoms with Gasteiger partial charge < -0.3 is 19.5 Å². The molecule has 1 N–H and O–H groups in total. The number of hydrogen-bond donors (Lipinski definition) is 1. The molecule has 1 heterocycles. The average molecular weight is 381 g/mol. The van der Waals surface area contributed by atoms with Crippen LogP contribution in [0.25, 0.3) is 0 Å². The lowest BCUT2D eigenvalue weighted by Gasteiger charge is -2.10. The second-order valence-corrected chi connectivity index (χ2v) is 6.87. The molecule has 0 saturated heterocycles. The number of methoxy groups -OCH3 is 2. The van der Waals surface area contributed by atoms with E-state index in [4.69, 9.17) is 14.2 Å². The SMILES string of the molecule is COc1ccc(NC(=O)COC(=O)CSCc2cccs2)cc1OC. The van der Waals surface area contributed by atoms with Crippen LogP contribution in [-0.2, 0) is 20.1 Å². The molecular weight excluding hydrogens is 362 g/mol. The largest absolute Gasteiger partial charge is 0.493 e. The molecule has 1 aromatic heterocycles. The molecule has 8 heteroatoms. The Morgan fingerprint density at radius 2 is 1.96 bits per heavy atom. The first-order chi connectivity index (χ1) is 12.1. The molecule has 0 spiro atoms. The first-order valence-electron chi connectivity index (χ1n) is 7.40. The quantitative estimate of drug-likeness (QED) is 0.673. The third-order valence-corrected chi connectivity index (χ3v) is 5.09. The van der Waals surface area contributed by atoms with E-state index < -0.39 is 11.9 Å². The summed E-state index contributed by atoms with van der Waals surface area (Å²) in [6.45, 7) is -0.327. The summed E-state index contributed by atoms with van der Waals surface area (Å²) in [7, 11) is 3.05. The number of hydrogen-bond acceptors (Lipinski definition) is 7. The van der Waals surface area contributed by atoms with Gasteiger partial charge >= 0.3 is 5.97 Å². The van der Waals surface area contributed by atoms with Crippen LogP contribution in [0.15, 0.2) is 35.7 Å². The van der Waals surface area contributed by atoms with Gasteiger partial charge in [-0.25, -0.2) is 0 Å².